The molecule has 2 N–H and O–H groups in total. The van der Waals surface area contributed by atoms with Gasteiger partial charge in [0.2, 0.25) is 0 Å². The second-order valence-electron chi connectivity index (χ2n) is 8.23. The third-order valence-electron chi connectivity index (χ3n) is 6.25. The summed E-state index contributed by atoms with van der Waals surface area (Å²) in [6.45, 7) is 4.59. The zero-order valence-corrected chi connectivity index (χ0v) is 19.9. The highest BCUT2D eigenvalue weighted by molar-refractivity contribution is 7.18. The van der Waals surface area contributed by atoms with Gasteiger partial charge in [0.05, 0.1) is 9.21 Å². The number of fused-ring (bicyclic) bond motifs is 1. The number of thiophene rings is 1. The van der Waals surface area contributed by atoms with Gasteiger partial charge in [-0.2, -0.15) is 0 Å². The minimum Gasteiger partial charge on any atom is -0.369 e. The SMILES string of the molecule is O=C(Nc1cccc2c1C(O)N(CCN1CCN(c3ccncc3)CC1)C2=O)c1ccc(Cl)s1. The second kappa shape index (κ2) is 9.71. The molecule has 0 saturated carbocycles. The van der Waals surface area contributed by atoms with Crippen LogP contribution < -0.4 is 10.2 Å². The van der Waals surface area contributed by atoms with Gasteiger partial charge in [0.25, 0.3) is 11.8 Å². The molecule has 0 aliphatic carbocycles. The average molecular weight is 498 g/mol. The smallest absolute Gasteiger partial charge is 0.265 e. The molecular weight excluding hydrogens is 474 g/mol. The van der Waals surface area contributed by atoms with Crippen molar-refractivity contribution in [2.24, 2.45) is 0 Å². The van der Waals surface area contributed by atoms with Gasteiger partial charge in [-0.3, -0.25) is 19.5 Å². The second-order valence-corrected chi connectivity index (χ2v) is 9.95. The molecule has 1 unspecified atom stereocenters. The molecule has 176 valence electrons. The number of halogens is 1. The molecule has 1 fully saturated rings. The number of amides is 2. The Hall–Kier alpha value is -2.98. The van der Waals surface area contributed by atoms with E-state index in [0.717, 1.165) is 31.9 Å². The maximum atomic E-state index is 13.0. The zero-order chi connectivity index (χ0) is 23.7. The van der Waals surface area contributed by atoms with E-state index in [-0.39, 0.29) is 11.8 Å². The first-order chi connectivity index (χ1) is 16.5. The summed E-state index contributed by atoms with van der Waals surface area (Å²) >= 11 is 7.11. The summed E-state index contributed by atoms with van der Waals surface area (Å²) in [7, 11) is 0. The number of aliphatic hydroxyl groups is 1. The average Bonchev–Trinajstić information content (AvgIpc) is 3.40. The Bertz CT molecular complexity index is 1200. The number of nitrogens with one attached hydrogen (secondary N) is 1. The van der Waals surface area contributed by atoms with Gasteiger partial charge < -0.3 is 20.2 Å². The number of hydrogen-bond acceptors (Lipinski definition) is 7. The number of nitrogens with zero attached hydrogens (tertiary/aromatic N) is 4. The van der Waals surface area contributed by atoms with Gasteiger partial charge in [-0.05, 0) is 36.4 Å². The van der Waals surface area contributed by atoms with E-state index in [4.69, 9.17) is 11.6 Å². The standard InChI is InChI=1S/C24H24ClN5O3S/c25-20-5-4-19(34-20)22(31)27-18-3-1-2-17-21(18)24(33)30(23(17)32)15-12-28-10-13-29(14-11-28)16-6-8-26-9-7-16/h1-9,24,33H,10-15H2,(H,27,31). The van der Waals surface area contributed by atoms with Gasteiger partial charge in [-0.15, -0.1) is 11.3 Å². The summed E-state index contributed by atoms with van der Waals surface area (Å²) in [4.78, 5) is 36.3. The Balaban J connectivity index is 1.22. The Labute approximate surface area is 206 Å². The third-order valence-corrected chi connectivity index (χ3v) is 7.48. The lowest BCUT2D eigenvalue weighted by molar-refractivity contribution is 0.0137. The molecule has 0 spiro atoms. The normalized spacial score (nSPS) is 18.3. The van der Waals surface area contributed by atoms with Gasteiger partial charge in [0, 0.05) is 74.2 Å². The van der Waals surface area contributed by atoms with Crippen LogP contribution in [-0.4, -0.2) is 71.0 Å². The molecule has 4 heterocycles. The van der Waals surface area contributed by atoms with Crippen LogP contribution in [0.3, 0.4) is 0 Å². The molecule has 0 bridgehead atoms. The van der Waals surface area contributed by atoms with Crippen LogP contribution in [0.5, 0.6) is 0 Å². The highest BCUT2D eigenvalue weighted by Gasteiger charge is 2.37. The Morgan fingerprint density at radius 1 is 1.09 bits per heavy atom. The molecule has 34 heavy (non-hydrogen) atoms. The van der Waals surface area contributed by atoms with Crippen LogP contribution in [0.25, 0.3) is 0 Å². The van der Waals surface area contributed by atoms with Crippen LogP contribution >= 0.6 is 22.9 Å². The van der Waals surface area contributed by atoms with E-state index >= 15 is 0 Å². The minimum atomic E-state index is -1.11. The van der Waals surface area contributed by atoms with E-state index in [0.29, 0.717) is 39.1 Å². The number of pyridine rings is 1. The fraction of sp³-hybridized carbons (Fsp3) is 0.292. The van der Waals surface area contributed by atoms with Crippen molar-refractivity contribution in [3.8, 4) is 0 Å². The highest BCUT2D eigenvalue weighted by atomic mass is 35.5. The van der Waals surface area contributed by atoms with Crippen molar-refractivity contribution in [3.05, 3.63) is 75.2 Å². The molecule has 2 aliphatic heterocycles. The van der Waals surface area contributed by atoms with Crippen molar-refractivity contribution in [1.82, 2.24) is 14.8 Å². The summed E-state index contributed by atoms with van der Waals surface area (Å²) in [6.07, 6.45) is 2.49. The summed E-state index contributed by atoms with van der Waals surface area (Å²) in [5, 5.41) is 13.8. The number of rotatable bonds is 6. The molecule has 1 saturated heterocycles. The molecule has 2 aliphatic rings. The number of aromatic nitrogens is 1. The maximum absolute atomic E-state index is 13.0. The molecule has 1 atom stereocenters. The van der Waals surface area contributed by atoms with E-state index in [1.807, 2.05) is 12.1 Å². The number of benzene rings is 1. The molecule has 5 rings (SSSR count). The van der Waals surface area contributed by atoms with Crippen molar-refractivity contribution in [2.45, 2.75) is 6.23 Å². The van der Waals surface area contributed by atoms with E-state index in [9.17, 15) is 14.7 Å². The minimum absolute atomic E-state index is 0.229. The molecular formula is C24H24ClN5O3S. The fourth-order valence-electron chi connectivity index (χ4n) is 4.44. The van der Waals surface area contributed by atoms with Gasteiger partial charge in [-0.1, -0.05) is 17.7 Å². The van der Waals surface area contributed by atoms with Crippen molar-refractivity contribution in [2.75, 3.05) is 49.5 Å². The van der Waals surface area contributed by atoms with Crippen molar-refractivity contribution in [3.63, 3.8) is 0 Å². The molecule has 2 amide bonds. The number of anilines is 2. The lowest BCUT2D eigenvalue weighted by Crippen LogP contribution is -2.48. The van der Waals surface area contributed by atoms with Crippen LogP contribution in [0, 0.1) is 0 Å². The van der Waals surface area contributed by atoms with Crippen molar-refractivity contribution >= 4 is 46.1 Å². The maximum Gasteiger partial charge on any atom is 0.265 e. The zero-order valence-electron chi connectivity index (χ0n) is 18.4. The Morgan fingerprint density at radius 2 is 1.85 bits per heavy atom. The number of hydrogen-bond donors (Lipinski definition) is 2. The van der Waals surface area contributed by atoms with E-state index < -0.39 is 6.23 Å². The molecule has 0 radical (unpaired) electrons. The fourth-order valence-corrected chi connectivity index (χ4v) is 5.38. The first kappa shape index (κ1) is 22.8. The largest absolute Gasteiger partial charge is 0.369 e. The van der Waals surface area contributed by atoms with Crippen LogP contribution in [0.2, 0.25) is 4.34 Å². The highest BCUT2D eigenvalue weighted by Crippen LogP contribution is 2.37. The number of piperazine rings is 1. The van der Waals surface area contributed by atoms with E-state index in [1.165, 1.54) is 16.2 Å². The van der Waals surface area contributed by atoms with Gasteiger partial charge in [0.15, 0.2) is 6.23 Å². The molecule has 2 aromatic heterocycles. The summed E-state index contributed by atoms with van der Waals surface area (Å²) < 4.78 is 0.520. The summed E-state index contributed by atoms with van der Waals surface area (Å²) in [5.41, 5.74) is 2.44. The number of aliphatic hydroxyl groups excluding tert-OH is 1. The topological polar surface area (TPSA) is 89.0 Å². The van der Waals surface area contributed by atoms with Crippen molar-refractivity contribution in [1.29, 1.82) is 0 Å². The molecule has 1 aromatic carbocycles. The number of carbonyl (C=O) groups excluding carboxylic acids is 2. The van der Waals surface area contributed by atoms with Crippen LogP contribution in [0.1, 0.15) is 31.8 Å². The monoisotopic (exact) mass is 497 g/mol. The van der Waals surface area contributed by atoms with E-state index in [1.54, 1.807) is 42.7 Å². The van der Waals surface area contributed by atoms with Crippen LogP contribution in [0.4, 0.5) is 11.4 Å². The third kappa shape index (κ3) is 4.52. The molecule has 10 heteroatoms. The summed E-state index contributed by atoms with van der Waals surface area (Å²) in [6, 6.07) is 12.4. The Morgan fingerprint density at radius 3 is 2.56 bits per heavy atom. The summed E-state index contributed by atoms with van der Waals surface area (Å²) in [5.74, 6) is -0.552. The first-order valence-corrected chi connectivity index (χ1v) is 12.3. The lowest BCUT2D eigenvalue weighted by atomic mass is 10.1. The predicted octanol–water partition coefficient (Wildman–Crippen LogP) is 3.32. The first-order valence-electron chi connectivity index (χ1n) is 11.1. The molecule has 8 nitrogen and oxygen atoms in total. The van der Waals surface area contributed by atoms with Gasteiger partial charge in [0.1, 0.15) is 0 Å². The van der Waals surface area contributed by atoms with Crippen LogP contribution in [0.15, 0.2) is 54.9 Å². The molecule has 3 aromatic rings. The van der Waals surface area contributed by atoms with Crippen LogP contribution in [-0.2, 0) is 0 Å². The predicted molar refractivity (Wildman–Crippen MR) is 133 cm³/mol. The van der Waals surface area contributed by atoms with E-state index in [2.05, 4.69) is 20.1 Å². The Kier molecular flexibility index (Phi) is 6.51. The number of carbonyl (C=O) groups is 2. The van der Waals surface area contributed by atoms with Gasteiger partial charge in [-0.25, -0.2) is 0 Å². The van der Waals surface area contributed by atoms with Gasteiger partial charge >= 0.3 is 0 Å². The quantitative estimate of drug-likeness (QED) is 0.543. The lowest BCUT2D eigenvalue weighted by Gasteiger charge is -2.36. The van der Waals surface area contributed by atoms with Crippen molar-refractivity contribution < 1.29 is 14.7 Å².